The van der Waals surface area contributed by atoms with Gasteiger partial charge in [-0.1, -0.05) is 30.3 Å². The lowest BCUT2D eigenvalue weighted by molar-refractivity contribution is -0.136. The van der Waals surface area contributed by atoms with Crippen LogP contribution in [0, 0.1) is 5.82 Å². The van der Waals surface area contributed by atoms with Crippen LogP contribution in [0.15, 0.2) is 59.2 Å². The first-order chi connectivity index (χ1) is 11.0. The van der Waals surface area contributed by atoms with Crippen LogP contribution in [0.2, 0.25) is 0 Å². The zero-order valence-corrected chi connectivity index (χ0v) is 12.7. The van der Waals surface area contributed by atoms with Gasteiger partial charge in [0.1, 0.15) is 17.8 Å². The fourth-order valence-corrected chi connectivity index (χ4v) is 2.10. The first kappa shape index (κ1) is 15.3. The highest BCUT2D eigenvalue weighted by atomic mass is 32.1. The summed E-state index contributed by atoms with van der Waals surface area (Å²) in [6.45, 7) is 0. The van der Waals surface area contributed by atoms with Gasteiger partial charge in [-0.3, -0.25) is 4.79 Å². The third kappa shape index (κ3) is 3.60. The summed E-state index contributed by atoms with van der Waals surface area (Å²) in [6, 6.07) is 14.4. The second-order valence-electron chi connectivity index (χ2n) is 4.91. The van der Waals surface area contributed by atoms with Crippen molar-refractivity contribution in [3.63, 3.8) is 0 Å². The molecule has 0 amide bonds. The first-order valence-electron chi connectivity index (χ1n) is 6.77. The summed E-state index contributed by atoms with van der Waals surface area (Å²) in [7, 11) is 0. The summed E-state index contributed by atoms with van der Waals surface area (Å²) in [5, 5.41) is 7.71. The Hall–Kier alpha value is -2.60. The van der Waals surface area contributed by atoms with Crippen LogP contribution in [-0.2, 0) is 4.79 Å². The quantitative estimate of drug-likeness (QED) is 0.553. The van der Waals surface area contributed by atoms with Gasteiger partial charge in [0.25, 0.3) is 0 Å². The Morgan fingerprint density at radius 3 is 2.30 bits per heavy atom. The zero-order valence-electron chi connectivity index (χ0n) is 11.8. The first-order valence-corrected chi connectivity index (χ1v) is 7.29. The van der Waals surface area contributed by atoms with Gasteiger partial charge < -0.3 is 9.52 Å². The van der Waals surface area contributed by atoms with Gasteiger partial charge in [-0.25, -0.2) is 9.37 Å². The molecule has 2 aliphatic rings. The summed E-state index contributed by atoms with van der Waals surface area (Å²) >= 11 is 3.88. The van der Waals surface area contributed by atoms with Gasteiger partial charge in [0, 0.05) is 5.56 Å². The van der Waals surface area contributed by atoms with Crippen LogP contribution in [0.5, 0.6) is 0 Å². The molecule has 23 heavy (non-hydrogen) atoms. The van der Waals surface area contributed by atoms with Crippen molar-refractivity contribution < 1.29 is 18.7 Å². The van der Waals surface area contributed by atoms with Gasteiger partial charge in [0.2, 0.25) is 5.89 Å². The maximum atomic E-state index is 11.9. The molecule has 116 valence electrons. The Morgan fingerprint density at radius 2 is 1.78 bits per heavy atom. The number of nitrogens with zero attached hydrogens (tertiary/aromatic N) is 1. The summed E-state index contributed by atoms with van der Waals surface area (Å²) in [6.07, 6.45) is 1.43. The van der Waals surface area contributed by atoms with E-state index in [1.807, 2.05) is 36.4 Å². The van der Waals surface area contributed by atoms with Crippen LogP contribution in [0.1, 0.15) is 11.1 Å². The molecule has 0 saturated heterocycles. The highest BCUT2D eigenvalue weighted by molar-refractivity contribution is 7.81. The topological polar surface area (TPSA) is 63.3 Å². The number of carboxylic acid groups (broad SMARTS) is 1. The fourth-order valence-electron chi connectivity index (χ4n) is 1.98. The number of fused-ring (bicyclic) bond motifs is 1. The van der Waals surface area contributed by atoms with E-state index >= 15 is 0 Å². The molecule has 2 aliphatic carbocycles. The molecule has 1 unspecified atom stereocenters. The van der Waals surface area contributed by atoms with Crippen LogP contribution in [0.3, 0.4) is 0 Å². The normalized spacial score (nSPS) is 12.1. The fraction of sp³-hybridized carbons (Fsp3) is 0.0588. The standard InChI is InChI=1S/C11H9NO3S.C6H3F/c13-11(14)9(16)10-12-8(6-15-10)7-4-2-1-3-5-7;7-6-2-4-1-5(4)3-6/h1-6,9,16H,(H,13,14);1-3H. The van der Waals surface area contributed by atoms with E-state index < -0.39 is 11.2 Å². The molecule has 1 atom stereocenters. The molecule has 0 spiro atoms. The molecule has 6 heteroatoms. The minimum atomic E-state index is -1.08. The molecule has 1 aromatic carbocycles. The number of carboxylic acids is 1. The lowest BCUT2D eigenvalue weighted by Crippen LogP contribution is -2.05. The van der Waals surface area contributed by atoms with Crippen molar-refractivity contribution in [2.45, 2.75) is 5.25 Å². The van der Waals surface area contributed by atoms with E-state index in [-0.39, 0.29) is 11.7 Å². The number of oxazole rings is 1. The van der Waals surface area contributed by atoms with Crippen molar-refractivity contribution in [3.05, 3.63) is 66.5 Å². The smallest absolute Gasteiger partial charge is 0.325 e. The van der Waals surface area contributed by atoms with Crippen molar-refractivity contribution in [1.82, 2.24) is 4.98 Å². The predicted molar refractivity (Wildman–Crippen MR) is 86.7 cm³/mol. The Morgan fingerprint density at radius 1 is 1.13 bits per heavy atom. The van der Waals surface area contributed by atoms with Crippen molar-refractivity contribution in [2.24, 2.45) is 0 Å². The monoisotopic (exact) mass is 329 g/mol. The number of thiol groups is 1. The molecule has 0 bridgehead atoms. The highest BCUT2D eigenvalue weighted by Gasteiger charge is 2.20. The van der Waals surface area contributed by atoms with Crippen molar-refractivity contribution in [3.8, 4) is 22.4 Å². The second kappa shape index (κ2) is 6.26. The number of hydrogen-bond donors (Lipinski definition) is 2. The largest absolute Gasteiger partial charge is 0.480 e. The molecule has 4 nitrogen and oxygen atoms in total. The molecule has 4 rings (SSSR count). The van der Waals surface area contributed by atoms with Crippen molar-refractivity contribution in [1.29, 1.82) is 0 Å². The number of benzene rings is 2. The molecular formula is C17H12FNO3S. The maximum Gasteiger partial charge on any atom is 0.325 e. The van der Waals surface area contributed by atoms with Crippen LogP contribution >= 0.6 is 12.6 Å². The lowest BCUT2D eigenvalue weighted by atomic mass is 10.2. The lowest BCUT2D eigenvalue weighted by Gasteiger charge is -1.97. The highest BCUT2D eigenvalue weighted by Crippen LogP contribution is 2.34. The molecule has 0 saturated carbocycles. The van der Waals surface area contributed by atoms with Crippen molar-refractivity contribution in [2.75, 3.05) is 0 Å². The minimum absolute atomic E-state index is 0.0923. The number of aromatic nitrogens is 1. The summed E-state index contributed by atoms with van der Waals surface area (Å²) in [4.78, 5) is 14.7. The minimum Gasteiger partial charge on any atom is -0.480 e. The van der Waals surface area contributed by atoms with E-state index in [1.165, 1.54) is 18.4 Å². The second-order valence-corrected chi connectivity index (χ2v) is 5.42. The SMILES string of the molecule is Fc1cc2cc-2c1.O=C(O)C(S)c1nc(-c2ccccc2)co1. The van der Waals surface area contributed by atoms with E-state index in [0.717, 1.165) is 16.7 Å². The summed E-state index contributed by atoms with van der Waals surface area (Å²) in [5.41, 5.74) is 3.62. The molecule has 1 heterocycles. The number of hydrogen-bond acceptors (Lipinski definition) is 4. The molecule has 1 N–H and O–H groups in total. The number of aliphatic carboxylic acids is 1. The van der Waals surface area contributed by atoms with Gasteiger partial charge in [-0.15, -0.1) is 0 Å². The third-order valence-electron chi connectivity index (χ3n) is 3.21. The Bertz CT molecular complexity index is 828. The van der Waals surface area contributed by atoms with Gasteiger partial charge in [-0.2, -0.15) is 12.6 Å². The average molecular weight is 329 g/mol. The molecule has 0 fully saturated rings. The average Bonchev–Trinajstić information content (AvgIpc) is 2.98. The number of halogens is 1. The molecule has 0 aliphatic heterocycles. The zero-order chi connectivity index (χ0) is 16.4. The predicted octanol–water partition coefficient (Wildman–Crippen LogP) is 4.20. The van der Waals surface area contributed by atoms with Crippen molar-refractivity contribution >= 4 is 18.6 Å². The van der Waals surface area contributed by atoms with E-state index in [4.69, 9.17) is 9.52 Å². The van der Waals surface area contributed by atoms with Gasteiger partial charge in [-0.05, 0) is 29.3 Å². The molecule has 2 aromatic rings. The van der Waals surface area contributed by atoms with Gasteiger partial charge >= 0.3 is 5.97 Å². The summed E-state index contributed by atoms with van der Waals surface area (Å²) < 4.78 is 17.0. The van der Waals surface area contributed by atoms with Gasteiger partial charge in [0.05, 0.1) is 0 Å². The summed E-state index contributed by atoms with van der Waals surface area (Å²) in [5.74, 6) is -1.09. The van der Waals surface area contributed by atoms with E-state index in [2.05, 4.69) is 17.6 Å². The van der Waals surface area contributed by atoms with E-state index in [9.17, 15) is 9.18 Å². The van der Waals surface area contributed by atoms with Crippen LogP contribution in [-0.4, -0.2) is 16.1 Å². The van der Waals surface area contributed by atoms with E-state index in [1.54, 1.807) is 0 Å². The van der Waals surface area contributed by atoms with Crippen LogP contribution in [0.25, 0.3) is 22.4 Å². The molecule has 1 aromatic heterocycles. The maximum absolute atomic E-state index is 11.9. The van der Waals surface area contributed by atoms with E-state index in [0.29, 0.717) is 5.69 Å². The van der Waals surface area contributed by atoms with Crippen LogP contribution in [0.4, 0.5) is 4.39 Å². The Kier molecular flexibility index (Phi) is 4.16. The van der Waals surface area contributed by atoms with Gasteiger partial charge in [0.15, 0.2) is 5.25 Å². The molecule has 0 radical (unpaired) electrons. The Labute approximate surface area is 137 Å². The third-order valence-corrected chi connectivity index (χ3v) is 3.65. The number of carbonyl (C=O) groups is 1. The molecular weight excluding hydrogens is 317 g/mol. The van der Waals surface area contributed by atoms with Crippen LogP contribution < -0.4 is 0 Å². The number of rotatable bonds is 3. The Balaban J connectivity index is 0.000000183.